The van der Waals surface area contributed by atoms with Gasteiger partial charge >= 0.3 is 0 Å². The summed E-state index contributed by atoms with van der Waals surface area (Å²) in [6, 6.07) is 8.19. The van der Waals surface area contributed by atoms with Crippen LogP contribution in [0.2, 0.25) is 0 Å². The maximum Gasteiger partial charge on any atom is 0.217 e. The fraction of sp³-hybridized carbons (Fsp3) is 0.231. The van der Waals surface area contributed by atoms with Gasteiger partial charge in [0, 0.05) is 32.4 Å². The van der Waals surface area contributed by atoms with Crippen molar-refractivity contribution in [3.63, 3.8) is 0 Å². The van der Waals surface area contributed by atoms with Crippen molar-refractivity contribution in [2.24, 2.45) is 0 Å². The van der Waals surface area contributed by atoms with Crippen molar-refractivity contribution in [3.8, 4) is 0 Å². The predicted molar refractivity (Wildman–Crippen MR) is 65.3 cm³/mol. The van der Waals surface area contributed by atoms with Crippen molar-refractivity contribution in [1.29, 1.82) is 0 Å². The number of benzene rings is 1. The zero-order chi connectivity index (χ0) is 12.1. The number of imidazole rings is 1. The molecule has 2 rings (SSSR count). The van der Waals surface area contributed by atoms with Gasteiger partial charge in [0.2, 0.25) is 5.91 Å². The Morgan fingerprint density at radius 3 is 2.59 bits per heavy atom. The zero-order valence-electron chi connectivity index (χ0n) is 9.76. The summed E-state index contributed by atoms with van der Waals surface area (Å²) in [5.41, 5.74) is 2.32. The van der Waals surface area contributed by atoms with Gasteiger partial charge in [-0.15, -0.1) is 0 Å². The number of carbonyl (C=O) groups is 1. The third-order valence-corrected chi connectivity index (χ3v) is 2.49. The zero-order valence-corrected chi connectivity index (χ0v) is 9.76. The molecule has 0 radical (unpaired) electrons. The van der Waals surface area contributed by atoms with E-state index in [1.54, 1.807) is 12.5 Å². The van der Waals surface area contributed by atoms with E-state index in [9.17, 15) is 4.79 Å². The normalized spacial score (nSPS) is 10.2. The van der Waals surface area contributed by atoms with E-state index in [-0.39, 0.29) is 5.91 Å². The molecule has 4 heteroatoms. The van der Waals surface area contributed by atoms with Crippen LogP contribution in [0.25, 0.3) is 0 Å². The Kier molecular flexibility index (Phi) is 3.55. The van der Waals surface area contributed by atoms with Crippen LogP contribution in [-0.4, -0.2) is 15.5 Å². The van der Waals surface area contributed by atoms with E-state index in [2.05, 4.69) is 22.4 Å². The lowest BCUT2D eigenvalue weighted by Crippen LogP contribution is -2.18. The van der Waals surface area contributed by atoms with E-state index in [1.807, 2.05) is 22.9 Å². The molecule has 0 aliphatic carbocycles. The van der Waals surface area contributed by atoms with Crippen molar-refractivity contribution >= 4 is 5.91 Å². The molecule has 0 aliphatic rings. The standard InChI is InChI=1S/C13H15N3O/c1-11(17)15-8-12-2-4-13(5-3-12)9-16-7-6-14-10-16/h2-7,10H,8-9H2,1H3,(H,15,17). The Labute approximate surface area is 100 Å². The van der Waals surface area contributed by atoms with Crippen LogP contribution in [0, 0.1) is 0 Å². The Bertz CT molecular complexity index is 474. The number of aromatic nitrogens is 2. The molecule has 1 aromatic heterocycles. The highest BCUT2D eigenvalue weighted by Crippen LogP contribution is 2.06. The van der Waals surface area contributed by atoms with E-state index in [4.69, 9.17) is 0 Å². The smallest absolute Gasteiger partial charge is 0.217 e. The molecule has 17 heavy (non-hydrogen) atoms. The van der Waals surface area contributed by atoms with Crippen LogP contribution in [0.5, 0.6) is 0 Å². The summed E-state index contributed by atoms with van der Waals surface area (Å²) in [7, 11) is 0. The fourth-order valence-corrected chi connectivity index (χ4v) is 1.58. The van der Waals surface area contributed by atoms with Gasteiger partial charge in [-0.05, 0) is 11.1 Å². The Morgan fingerprint density at radius 1 is 1.29 bits per heavy atom. The predicted octanol–water partition coefficient (Wildman–Crippen LogP) is 1.57. The highest BCUT2D eigenvalue weighted by atomic mass is 16.1. The summed E-state index contributed by atoms with van der Waals surface area (Å²) in [5, 5.41) is 2.77. The Balaban J connectivity index is 1.95. The molecule has 0 fully saturated rings. The first-order chi connectivity index (χ1) is 8.24. The molecular formula is C13H15N3O. The van der Waals surface area contributed by atoms with Crippen LogP contribution >= 0.6 is 0 Å². The van der Waals surface area contributed by atoms with E-state index in [1.165, 1.54) is 12.5 Å². The van der Waals surface area contributed by atoms with Crippen LogP contribution in [-0.2, 0) is 17.9 Å². The van der Waals surface area contributed by atoms with Gasteiger partial charge in [-0.1, -0.05) is 24.3 Å². The van der Waals surface area contributed by atoms with Gasteiger partial charge in [0.15, 0.2) is 0 Å². The first-order valence-corrected chi connectivity index (χ1v) is 5.52. The lowest BCUT2D eigenvalue weighted by atomic mass is 10.1. The molecule has 1 heterocycles. The lowest BCUT2D eigenvalue weighted by molar-refractivity contribution is -0.119. The first-order valence-electron chi connectivity index (χ1n) is 5.52. The van der Waals surface area contributed by atoms with E-state index in [0.29, 0.717) is 6.54 Å². The van der Waals surface area contributed by atoms with E-state index < -0.39 is 0 Å². The second kappa shape index (κ2) is 5.30. The molecule has 2 aromatic rings. The SMILES string of the molecule is CC(=O)NCc1ccc(Cn2ccnc2)cc1. The molecule has 0 spiro atoms. The van der Waals surface area contributed by atoms with Gasteiger partial charge in [-0.3, -0.25) is 4.79 Å². The van der Waals surface area contributed by atoms with E-state index >= 15 is 0 Å². The molecule has 0 saturated heterocycles. The summed E-state index contributed by atoms with van der Waals surface area (Å²) < 4.78 is 2.02. The van der Waals surface area contributed by atoms with Gasteiger partial charge in [0.05, 0.1) is 6.33 Å². The quantitative estimate of drug-likeness (QED) is 0.865. The highest BCUT2D eigenvalue weighted by molar-refractivity contribution is 5.72. The molecule has 0 bridgehead atoms. The highest BCUT2D eigenvalue weighted by Gasteiger charge is 1.97. The number of amides is 1. The van der Waals surface area contributed by atoms with Crippen LogP contribution in [0.15, 0.2) is 43.0 Å². The van der Waals surface area contributed by atoms with Crippen molar-refractivity contribution in [2.75, 3.05) is 0 Å². The van der Waals surface area contributed by atoms with Crippen molar-refractivity contribution in [1.82, 2.24) is 14.9 Å². The summed E-state index contributed by atoms with van der Waals surface area (Å²) in [6.45, 7) is 2.93. The monoisotopic (exact) mass is 229 g/mol. The number of rotatable bonds is 4. The van der Waals surface area contributed by atoms with Crippen molar-refractivity contribution in [3.05, 3.63) is 54.1 Å². The van der Waals surface area contributed by atoms with Gasteiger partial charge < -0.3 is 9.88 Å². The average Bonchev–Trinajstić information content (AvgIpc) is 2.81. The molecule has 1 amide bonds. The molecule has 0 saturated carbocycles. The minimum atomic E-state index is -0.00695. The molecular weight excluding hydrogens is 214 g/mol. The fourth-order valence-electron chi connectivity index (χ4n) is 1.58. The number of nitrogens with zero attached hydrogens (tertiary/aromatic N) is 2. The van der Waals surface area contributed by atoms with Crippen LogP contribution in [0.4, 0.5) is 0 Å². The minimum Gasteiger partial charge on any atom is -0.352 e. The second-order valence-electron chi connectivity index (χ2n) is 3.96. The molecule has 1 N–H and O–H groups in total. The molecule has 4 nitrogen and oxygen atoms in total. The molecule has 0 atom stereocenters. The number of carbonyl (C=O) groups excluding carboxylic acids is 1. The molecule has 0 unspecified atom stereocenters. The third kappa shape index (κ3) is 3.45. The largest absolute Gasteiger partial charge is 0.352 e. The topological polar surface area (TPSA) is 46.9 Å². The van der Waals surface area contributed by atoms with Crippen LogP contribution < -0.4 is 5.32 Å². The van der Waals surface area contributed by atoms with Crippen LogP contribution in [0.3, 0.4) is 0 Å². The summed E-state index contributed by atoms with van der Waals surface area (Å²) in [6.07, 6.45) is 5.50. The minimum absolute atomic E-state index is 0.00695. The van der Waals surface area contributed by atoms with Gasteiger partial charge in [-0.2, -0.15) is 0 Å². The van der Waals surface area contributed by atoms with E-state index in [0.717, 1.165) is 12.1 Å². The molecule has 88 valence electrons. The third-order valence-electron chi connectivity index (χ3n) is 2.49. The summed E-state index contributed by atoms with van der Waals surface area (Å²) >= 11 is 0. The summed E-state index contributed by atoms with van der Waals surface area (Å²) in [5.74, 6) is -0.00695. The lowest BCUT2D eigenvalue weighted by Gasteiger charge is -2.05. The molecule has 1 aromatic carbocycles. The van der Waals surface area contributed by atoms with Crippen LogP contribution in [0.1, 0.15) is 18.1 Å². The first kappa shape index (κ1) is 11.4. The van der Waals surface area contributed by atoms with Gasteiger partial charge in [0.25, 0.3) is 0 Å². The van der Waals surface area contributed by atoms with Gasteiger partial charge in [0.1, 0.15) is 0 Å². The number of nitrogens with one attached hydrogen (secondary N) is 1. The number of hydrogen-bond donors (Lipinski definition) is 1. The van der Waals surface area contributed by atoms with Crippen molar-refractivity contribution in [2.45, 2.75) is 20.0 Å². The Morgan fingerprint density at radius 2 is 2.00 bits per heavy atom. The average molecular weight is 229 g/mol. The Hall–Kier alpha value is -2.10. The summed E-state index contributed by atoms with van der Waals surface area (Å²) in [4.78, 5) is 14.8. The van der Waals surface area contributed by atoms with Gasteiger partial charge in [-0.25, -0.2) is 4.98 Å². The second-order valence-corrected chi connectivity index (χ2v) is 3.96. The number of hydrogen-bond acceptors (Lipinski definition) is 2. The van der Waals surface area contributed by atoms with Crippen molar-refractivity contribution < 1.29 is 4.79 Å². The maximum absolute atomic E-state index is 10.8. The maximum atomic E-state index is 10.8. The molecule has 0 aliphatic heterocycles.